The lowest BCUT2D eigenvalue weighted by molar-refractivity contribution is -0.121. The van der Waals surface area contributed by atoms with Crippen LogP contribution in [0, 0.1) is 0 Å². The van der Waals surface area contributed by atoms with Crippen molar-refractivity contribution in [2.24, 2.45) is 0 Å². The minimum atomic E-state index is -0.0509. The Kier molecular flexibility index (Phi) is 5.02. The van der Waals surface area contributed by atoms with Gasteiger partial charge in [-0.05, 0) is 30.7 Å². The van der Waals surface area contributed by atoms with Crippen molar-refractivity contribution in [3.8, 4) is 0 Å². The first kappa shape index (κ1) is 16.7. The SMILES string of the molecule is C=CCN1C(=O)C(=CC=C2C=CN(CC)c3ccccc32)SC1=S. The Morgan fingerprint density at radius 1 is 1.29 bits per heavy atom. The summed E-state index contributed by atoms with van der Waals surface area (Å²) in [6.45, 7) is 7.16. The number of anilines is 1. The largest absolute Gasteiger partial charge is 0.348 e. The zero-order chi connectivity index (χ0) is 17.1. The predicted octanol–water partition coefficient (Wildman–Crippen LogP) is 4.35. The third-order valence-corrected chi connectivity index (χ3v) is 5.29. The quantitative estimate of drug-likeness (QED) is 0.455. The summed E-state index contributed by atoms with van der Waals surface area (Å²) >= 11 is 6.60. The minimum Gasteiger partial charge on any atom is -0.348 e. The number of carbonyl (C=O) groups excluding carboxylic acids is 1. The summed E-state index contributed by atoms with van der Waals surface area (Å²) in [7, 11) is 0. The smallest absolute Gasteiger partial charge is 0.266 e. The fourth-order valence-electron chi connectivity index (χ4n) is 2.70. The average Bonchev–Trinajstić information content (AvgIpc) is 2.87. The van der Waals surface area contributed by atoms with Gasteiger partial charge in [-0.2, -0.15) is 0 Å². The van der Waals surface area contributed by atoms with Gasteiger partial charge in [0.15, 0.2) is 0 Å². The number of para-hydroxylation sites is 1. The summed E-state index contributed by atoms with van der Waals surface area (Å²) in [6.07, 6.45) is 9.69. The highest BCUT2D eigenvalue weighted by Gasteiger charge is 2.30. The van der Waals surface area contributed by atoms with Crippen LogP contribution in [0.4, 0.5) is 5.69 Å². The number of carbonyl (C=O) groups is 1. The average molecular weight is 355 g/mol. The Morgan fingerprint density at radius 2 is 2.08 bits per heavy atom. The Balaban J connectivity index is 1.91. The molecule has 0 N–H and O–H groups in total. The van der Waals surface area contributed by atoms with E-state index in [-0.39, 0.29) is 5.91 Å². The van der Waals surface area contributed by atoms with Gasteiger partial charge >= 0.3 is 0 Å². The van der Waals surface area contributed by atoms with E-state index in [1.54, 1.807) is 11.0 Å². The molecule has 0 bridgehead atoms. The number of thiocarbonyl (C=S) groups is 1. The minimum absolute atomic E-state index is 0.0509. The lowest BCUT2D eigenvalue weighted by atomic mass is 9.99. The van der Waals surface area contributed by atoms with Gasteiger partial charge in [0.05, 0.1) is 4.91 Å². The number of amides is 1. The molecule has 3 nitrogen and oxygen atoms in total. The van der Waals surface area contributed by atoms with Crippen LogP contribution in [0.25, 0.3) is 5.57 Å². The normalized spacial score (nSPS) is 20.2. The van der Waals surface area contributed by atoms with E-state index < -0.39 is 0 Å². The van der Waals surface area contributed by atoms with Crippen molar-refractivity contribution in [2.75, 3.05) is 18.0 Å². The summed E-state index contributed by atoms with van der Waals surface area (Å²) in [6, 6.07) is 8.28. The first-order chi connectivity index (χ1) is 11.7. The Labute approximate surface area is 152 Å². The zero-order valence-corrected chi connectivity index (χ0v) is 15.1. The molecule has 1 aromatic rings. The molecule has 0 aliphatic carbocycles. The van der Waals surface area contributed by atoms with E-state index in [9.17, 15) is 4.79 Å². The van der Waals surface area contributed by atoms with Gasteiger partial charge in [-0.1, -0.05) is 54.3 Å². The van der Waals surface area contributed by atoms with Crippen molar-refractivity contribution in [3.05, 3.63) is 71.8 Å². The maximum atomic E-state index is 12.4. The summed E-state index contributed by atoms with van der Waals surface area (Å²) in [5.74, 6) is -0.0509. The summed E-state index contributed by atoms with van der Waals surface area (Å²) < 4.78 is 0.585. The fourth-order valence-corrected chi connectivity index (χ4v) is 3.91. The molecule has 0 spiro atoms. The van der Waals surface area contributed by atoms with Crippen molar-refractivity contribution < 1.29 is 4.79 Å². The van der Waals surface area contributed by atoms with E-state index in [0.29, 0.717) is 15.8 Å². The first-order valence-electron chi connectivity index (χ1n) is 7.76. The van der Waals surface area contributed by atoms with E-state index in [1.165, 1.54) is 23.0 Å². The lowest BCUT2D eigenvalue weighted by Gasteiger charge is -2.26. The molecule has 2 aliphatic heterocycles. The molecular weight excluding hydrogens is 336 g/mol. The molecular formula is C19H18N2OS2. The third-order valence-electron chi connectivity index (χ3n) is 3.90. The summed E-state index contributed by atoms with van der Waals surface area (Å²) in [4.78, 5) is 16.8. The molecule has 0 radical (unpaired) electrons. The molecule has 0 saturated carbocycles. The van der Waals surface area contributed by atoms with Crippen LogP contribution in [0.15, 0.2) is 66.3 Å². The lowest BCUT2D eigenvalue weighted by Crippen LogP contribution is -2.27. The molecule has 24 heavy (non-hydrogen) atoms. The molecule has 0 aromatic heterocycles. The number of benzene rings is 1. The second-order valence-electron chi connectivity index (χ2n) is 5.34. The van der Waals surface area contributed by atoms with Gasteiger partial charge in [-0.25, -0.2) is 0 Å². The molecule has 1 amide bonds. The van der Waals surface area contributed by atoms with Crippen LogP contribution in [-0.2, 0) is 4.79 Å². The molecule has 0 atom stereocenters. The Bertz CT molecular complexity index is 792. The van der Waals surface area contributed by atoms with Gasteiger partial charge in [0.1, 0.15) is 4.32 Å². The second-order valence-corrected chi connectivity index (χ2v) is 7.02. The molecule has 1 fully saturated rings. The van der Waals surface area contributed by atoms with Gasteiger partial charge in [0, 0.05) is 30.5 Å². The standard InChI is InChI=1S/C19H18N2OS2/c1-3-12-21-18(22)17(24-19(21)23)10-9-14-11-13-20(4-2)16-8-6-5-7-15(14)16/h3,5-11,13H,1,4,12H2,2H3. The maximum absolute atomic E-state index is 12.4. The van der Waals surface area contributed by atoms with Crippen LogP contribution in [0.5, 0.6) is 0 Å². The molecule has 1 aromatic carbocycles. The van der Waals surface area contributed by atoms with Gasteiger partial charge in [0.2, 0.25) is 0 Å². The molecule has 3 rings (SSSR count). The monoisotopic (exact) mass is 354 g/mol. The Morgan fingerprint density at radius 3 is 2.83 bits per heavy atom. The molecule has 2 aliphatic rings. The van der Waals surface area contributed by atoms with Crippen LogP contribution in [0.2, 0.25) is 0 Å². The van der Waals surface area contributed by atoms with Crippen LogP contribution in [-0.4, -0.2) is 28.2 Å². The number of fused-ring (bicyclic) bond motifs is 1. The second kappa shape index (κ2) is 7.20. The third kappa shape index (κ3) is 3.09. The van der Waals surface area contributed by atoms with Crippen molar-refractivity contribution in [1.82, 2.24) is 4.90 Å². The zero-order valence-electron chi connectivity index (χ0n) is 13.4. The number of rotatable bonds is 4. The van der Waals surface area contributed by atoms with Gasteiger partial charge in [-0.15, -0.1) is 6.58 Å². The van der Waals surface area contributed by atoms with Crippen molar-refractivity contribution in [1.29, 1.82) is 0 Å². The molecule has 122 valence electrons. The summed E-state index contributed by atoms with van der Waals surface area (Å²) in [5, 5.41) is 0. The topological polar surface area (TPSA) is 23.6 Å². The highest BCUT2D eigenvalue weighted by Crippen LogP contribution is 2.34. The highest BCUT2D eigenvalue weighted by molar-refractivity contribution is 8.26. The molecule has 5 heteroatoms. The van der Waals surface area contributed by atoms with Crippen LogP contribution in [0.3, 0.4) is 0 Å². The first-order valence-corrected chi connectivity index (χ1v) is 8.99. The van der Waals surface area contributed by atoms with Crippen LogP contribution >= 0.6 is 24.0 Å². The summed E-state index contributed by atoms with van der Waals surface area (Å²) in [5.41, 5.74) is 3.44. The highest BCUT2D eigenvalue weighted by atomic mass is 32.2. The van der Waals surface area contributed by atoms with Crippen molar-refractivity contribution in [2.45, 2.75) is 6.92 Å². The molecule has 1 saturated heterocycles. The predicted molar refractivity (Wildman–Crippen MR) is 107 cm³/mol. The van der Waals surface area contributed by atoms with Gasteiger partial charge in [0.25, 0.3) is 5.91 Å². The van der Waals surface area contributed by atoms with Crippen LogP contribution < -0.4 is 4.90 Å². The van der Waals surface area contributed by atoms with E-state index >= 15 is 0 Å². The van der Waals surface area contributed by atoms with Gasteiger partial charge < -0.3 is 4.90 Å². The Hall–Kier alpha value is -2.11. The number of nitrogens with zero attached hydrogens (tertiary/aromatic N) is 2. The van der Waals surface area contributed by atoms with Crippen molar-refractivity contribution in [3.63, 3.8) is 0 Å². The maximum Gasteiger partial charge on any atom is 0.266 e. The van der Waals surface area contributed by atoms with Crippen LogP contribution in [0.1, 0.15) is 12.5 Å². The van der Waals surface area contributed by atoms with E-state index in [2.05, 4.69) is 42.8 Å². The van der Waals surface area contributed by atoms with Gasteiger partial charge in [-0.3, -0.25) is 9.69 Å². The van der Waals surface area contributed by atoms with Crippen molar-refractivity contribution >= 4 is 45.5 Å². The number of thioether (sulfide) groups is 1. The number of allylic oxidation sites excluding steroid dienone is 4. The molecule has 0 unspecified atom stereocenters. The van der Waals surface area contributed by atoms with E-state index in [4.69, 9.17) is 12.2 Å². The van der Waals surface area contributed by atoms with E-state index in [0.717, 1.165) is 12.1 Å². The van der Waals surface area contributed by atoms with E-state index in [1.807, 2.05) is 24.3 Å². The number of hydrogen-bond acceptors (Lipinski definition) is 4. The fraction of sp³-hybridized carbons (Fsp3) is 0.158. The number of hydrogen-bond donors (Lipinski definition) is 0. The molecule has 2 heterocycles.